The first-order valence-corrected chi connectivity index (χ1v) is 5.95. The highest BCUT2D eigenvalue weighted by Crippen LogP contribution is 2.27. The lowest BCUT2D eigenvalue weighted by Gasteiger charge is -2.31. The Labute approximate surface area is 114 Å². The lowest BCUT2D eigenvalue weighted by atomic mass is 10.1. The van der Waals surface area contributed by atoms with Gasteiger partial charge in [0, 0.05) is 17.3 Å². The zero-order valence-electron chi connectivity index (χ0n) is 10.5. The molecule has 0 aliphatic heterocycles. The topological polar surface area (TPSA) is 29.3 Å². The zero-order chi connectivity index (χ0) is 14.8. The van der Waals surface area contributed by atoms with Crippen molar-refractivity contribution in [1.29, 1.82) is 0 Å². The third-order valence-electron chi connectivity index (χ3n) is 2.51. The van der Waals surface area contributed by atoms with Crippen LogP contribution < -0.4 is 10.6 Å². The van der Waals surface area contributed by atoms with Crippen molar-refractivity contribution in [3.8, 4) is 0 Å². The van der Waals surface area contributed by atoms with E-state index in [0.717, 1.165) is 17.0 Å². The summed E-state index contributed by atoms with van der Waals surface area (Å²) in [5.74, 6) is -0.595. The third kappa shape index (κ3) is 4.34. The lowest BCUT2D eigenvalue weighted by Crippen LogP contribution is -2.40. The monoisotopic (exact) mass is 294 g/mol. The average Bonchev–Trinajstić information content (AvgIpc) is 2.24. The van der Waals surface area contributed by atoms with Crippen LogP contribution >= 0.6 is 12.2 Å². The summed E-state index contributed by atoms with van der Waals surface area (Å²) in [6.07, 6.45) is -4.37. The summed E-state index contributed by atoms with van der Waals surface area (Å²) in [4.78, 5) is 0.954. The van der Waals surface area contributed by atoms with Crippen LogP contribution in [0.5, 0.6) is 0 Å². The van der Waals surface area contributed by atoms with E-state index in [0.29, 0.717) is 0 Å². The Balaban J connectivity index is 3.27. The molecule has 0 atom stereocenters. The fourth-order valence-electron chi connectivity index (χ4n) is 1.70. The minimum absolute atomic E-state index is 0.105. The molecular weight excluding hydrogens is 280 g/mol. The summed E-state index contributed by atoms with van der Waals surface area (Å²) < 4.78 is 50.9. The van der Waals surface area contributed by atoms with Crippen LogP contribution in [0.25, 0.3) is 0 Å². The first-order valence-electron chi connectivity index (χ1n) is 5.54. The van der Waals surface area contributed by atoms with Gasteiger partial charge >= 0.3 is 6.18 Å². The zero-order valence-corrected chi connectivity index (χ0v) is 11.3. The van der Waals surface area contributed by atoms with Gasteiger partial charge in [0.15, 0.2) is 0 Å². The standard InChI is InChI=1S/C12H14F4N2S/c1-7(2)18(6-12(14,15)16)10-4-3-8(13)5-9(10)11(17)19/h3-5,7H,6H2,1-2H3,(H2,17,19). The van der Waals surface area contributed by atoms with Gasteiger partial charge < -0.3 is 10.6 Å². The van der Waals surface area contributed by atoms with Crippen LogP contribution in [0.4, 0.5) is 23.2 Å². The summed E-state index contributed by atoms with van der Waals surface area (Å²) in [6, 6.07) is 2.96. The fourth-order valence-corrected chi connectivity index (χ4v) is 1.86. The van der Waals surface area contributed by atoms with E-state index >= 15 is 0 Å². The number of hydrogen-bond donors (Lipinski definition) is 1. The van der Waals surface area contributed by atoms with Gasteiger partial charge in [-0.05, 0) is 32.0 Å². The summed E-state index contributed by atoms with van der Waals surface area (Å²) in [5, 5.41) is 0. The molecule has 0 bridgehead atoms. The van der Waals surface area contributed by atoms with Gasteiger partial charge in [0.25, 0.3) is 0 Å². The van der Waals surface area contributed by atoms with E-state index < -0.39 is 24.6 Å². The van der Waals surface area contributed by atoms with Crippen LogP contribution in [0.3, 0.4) is 0 Å². The van der Waals surface area contributed by atoms with Gasteiger partial charge in [-0.3, -0.25) is 0 Å². The molecule has 2 nitrogen and oxygen atoms in total. The molecule has 0 radical (unpaired) electrons. The number of rotatable bonds is 4. The van der Waals surface area contributed by atoms with Crippen molar-refractivity contribution in [2.75, 3.05) is 11.4 Å². The molecule has 0 fully saturated rings. The van der Waals surface area contributed by atoms with Crippen molar-refractivity contribution in [2.45, 2.75) is 26.1 Å². The maximum Gasteiger partial charge on any atom is 0.405 e. The maximum atomic E-state index is 13.2. The summed E-state index contributed by atoms with van der Waals surface area (Å²) in [6.45, 7) is 2.07. The van der Waals surface area contributed by atoms with E-state index in [-0.39, 0.29) is 16.2 Å². The van der Waals surface area contributed by atoms with Crippen molar-refractivity contribution in [2.24, 2.45) is 5.73 Å². The van der Waals surface area contributed by atoms with Crippen LogP contribution in [0.15, 0.2) is 18.2 Å². The SMILES string of the molecule is CC(C)N(CC(F)(F)F)c1ccc(F)cc1C(N)=S. The van der Waals surface area contributed by atoms with Crippen LogP contribution in [0.2, 0.25) is 0 Å². The molecule has 1 rings (SSSR count). The largest absolute Gasteiger partial charge is 0.405 e. The van der Waals surface area contributed by atoms with Crippen molar-refractivity contribution < 1.29 is 17.6 Å². The summed E-state index contributed by atoms with van der Waals surface area (Å²) in [7, 11) is 0. The Kier molecular flexibility index (Phi) is 4.73. The second-order valence-corrected chi connectivity index (χ2v) is 4.80. The predicted molar refractivity (Wildman–Crippen MR) is 70.8 cm³/mol. The molecule has 1 aromatic carbocycles. The smallest absolute Gasteiger partial charge is 0.389 e. The molecule has 0 aliphatic rings. The fraction of sp³-hybridized carbons (Fsp3) is 0.417. The number of nitrogens with two attached hydrogens (primary N) is 1. The molecule has 0 saturated heterocycles. The molecule has 0 aromatic heterocycles. The second-order valence-electron chi connectivity index (χ2n) is 4.36. The second kappa shape index (κ2) is 5.73. The van der Waals surface area contributed by atoms with Crippen LogP contribution in [0.1, 0.15) is 19.4 Å². The molecule has 0 aliphatic carbocycles. The van der Waals surface area contributed by atoms with Crippen molar-refractivity contribution in [3.63, 3.8) is 0 Å². The van der Waals surface area contributed by atoms with Gasteiger partial charge in [0.05, 0.1) is 0 Å². The van der Waals surface area contributed by atoms with E-state index in [2.05, 4.69) is 0 Å². The molecule has 0 unspecified atom stereocenters. The molecule has 19 heavy (non-hydrogen) atoms. The van der Waals surface area contributed by atoms with Gasteiger partial charge in [-0.2, -0.15) is 13.2 Å². The first-order chi connectivity index (χ1) is 8.61. The maximum absolute atomic E-state index is 13.2. The minimum Gasteiger partial charge on any atom is -0.389 e. The van der Waals surface area contributed by atoms with Gasteiger partial charge in [-0.15, -0.1) is 0 Å². The van der Waals surface area contributed by atoms with Gasteiger partial charge in [-0.1, -0.05) is 12.2 Å². The number of nitrogens with zero attached hydrogens (tertiary/aromatic N) is 1. The molecule has 0 saturated carbocycles. The van der Waals surface area contributed by atoms with Gasteiger partial charge in [-0.25, -0.2) is 4.39 Å². The van der Waals surface area contributed by atoms with E-state index in [4.69, 9.17) is 18.0 Å². The number of anilines is 1. The number of benzene rings is 1. The lowest BCUT2D eigenvalue weighted by molar-refractivity contribution is -0.120. The Bertz CT molecular complexity index is 471. The molecule has 0 amide bonds. The van der Waals surface area contributed by atoms with Crippen molar-refractivity contribution in [3.05, 3.63) is 29.6 Å². The molecule has 0 heterocycles. The molecule has 7 heteroatoms. The molecular formula is C12H14F4N2S. The van der Waals surface area contributed by atoms with Crippen molar-refractivity contribution in [1.82, 2.24) is 0 Å². The molecule has 106 valence electrons. The number of alkyl halides is 3. The van der Waals surface area contributed by atoms with Crippen LogP contribution in [0, 0.1) is 5.82 Å². The van der Waals surface area contributed by atoms with Gasteiger partial charge in [0.2, 0.25) is 0 Å². The highest BCUT2D eigenvalue weighted by Gasteiger charge is 2.33. The van der Waals surface area contributed by atoms with Crippen LogP contribution in [-0.2, 0) is 0 Å². The highest BCUT2D eigenvalue weighted by atomic mass is 32.1. The number of hydrogen-bond acceptors (Lipinski definition) is 2. The summed E-state index contributed by atoms with van der Waals surface area (Å²) >= 11 is 4.76. The Hall–Kier alpha value is -1.37. The minimum atomic E-state index is -4.37. The van der Waals surface area contributed by atoms with Gasteiger partial charge in [0.1, 0.15) is 17.4 Å². The Morgan fingerprint density at radius 1 is 1.37 bits per heavy atom. The predicted octanol–water partition coefficient (Wildman–Crippen LogP) is 3.24. The Morgan fingerprint density at radius 3 is 2.37 bits per heavy atom. The molecule has 2 N–H and O–H groups in total. The Morgan fingerprint density at radius 2 is 1.95 bits per heavy atom. The van der Waals surface area contributed by atoms with E-state index in [9.17, 15) is 17.6 Å². The van der Waals surface area contributed by atoms with Crippen molar-refractivity contribution >= 4 is 22.9 Å². The van der Waals surface area contributed by atoms with E-state index in [1.807, 2.05) is 0 Å². The first kappa shape index (κ1) is 15.7. The summed E-state index contributed by atoms with van der Waals surface area (Å²) in [5.41, 5.74) is 5.73. The molecule has 0 spiro atoms. The van der Waals surface area contributed by atoms with E-state index in [1.54, 1.807) is 13.8 Å². The number of halogens is 4. The average molecular weight is 294 g/mol. The third-order valence-corrected chi connectivity index (χ3v) is 2.73. The quantitative estimate of drug-likeness (QED) is 0.683. The normalized spacial score (nSPS) is 11.7. The highest BCUT2D eigenvalue weighted by molar-refractivity contribution is 7.80. The number of thiocarbonyl (C=S) groups is 1. The van der Waals surface area contributed by atoms with E-state index in [1.165, 1.54) is 6.07 Å². The molecule has 1 aromatic rings. The van der Waals surface area contributed by atoms with Crippen LogP contribution in [-0.4, -0.2) is 23.8 Å².